The number of halogens is 2. The second-order valence-corrected chi connectivity index (χ2v) is 6.99. The normalized spacial score (nSPS) is 19.1. The summed E-state index contributed by atoms with van der Waals surface area (Å²) in [5.74, 6) is -0.0111. The molecule has 0 bridgehead atoms. The van der Waals surface area contributed by atoms with Crippen LogP contribution in [-0.2, 0) is 16.0 Å². The van der Waals surface area contributed by atoms with Crippen molar-refractivity contribution in [3.05, 3.63) is 52.0 Å². The molecule has 1 saturated heterocycles. The van der Waals surface area contributed by atoms with Crippen molar-refractivity contribution in [3.63, 3.8) is 0 Å². The molecule has 5 nitrogen and oxygen atoms in total. The van der Waals surface area contributed by atoms with Crippen molar-refractivity contribution in [1.29, 1.82) is 0 Å². The molecule has 0 spiro atoms. The second kappa shape index (κ2) is 6.24. The van der Waals surface area contributed by atoms with Crippen LogP contribution in [0.5, 0.6) is 0 Å². The Morgan fingerprint density at radius 3 is 2.72 bits per heavy atom. The van der Waals surface area contributed by atoms with E-state index >= 15 is 0 Å². The first-order chi connectivity index (χ1) is 12.0. The van der Waals surface area contributed by atoms with E-state index in [0.717, 1.165) is 22.6 Å². The third-order valence-corrected chi connectivity index (χ3v) is 5.23. The van der Waals surface area contributed by atoms with E-state index in [1.807, 2.05) is 18.2 Å². The van der Waals surface area contributed by atoms with Gasteiger partial charge < -0.3 is 15.5 Å². The molecule has 7 heteroatoms. The standard InChI is InChI=1S/C18H15Cl2N3O2/c19-13-3-2-12(9-14(13)20)23-6-5-16(18(23)25)21-11-1-4-15-10(7-11)8-17(24)22-15/h1-4,7,9,16,21H,5-6,8H2,(H,22,24). The molecule has 2 aromatic carbocycles. The van der Waals surface area contributed by atoms with E-state index in [2.05, 4.69) is 10.6 Å². The fourth-order valence-corrected chi connectivity index (χ4v) is 3.54. The first kappa shape index (κ1) is 16.2. The van der Waals surface area contributed by atoms with Gasteiger partial charge in [-0.05, 0) is 48.4 Å². The topological polar surface area (TPSA) is 61.4 Å². The van der Waals surface area contributed by atoms with E-state index in [0.29, 0.717) is 29.4 Å². The van der Waals surface area contributed by atoms with Gasteiger partial charge in [0.15, 0.2) is 0 Å². The van der Waals surface area contributed by atoms with Crippen molar-refractivity contribution >= 4 is 52.1 Å². The summed E-state index contributed by atoms with van der Waals surface area (Å²) in [7, 11) is 0. The quantitative estimate of drug-likeness (QED) is 0.859. The summed E-state index contributed by atoms with van der Waals surface area (Å²) in [6.45, 7) is 0.611. The van der Waals surface area contributed by atoms with Crippen molar-refractivity contribution in [2.45, 2.75) is 18.9 Å². The van der Waals surface area contributed by atoms with E-state index < -0.39 is 0 Å². The lowest BCUT2D eigenvalue weighted by molar-refractivity contribution is -0.117. The predicted octanol–water partition coefficient (Wildman–Crippen LogP) is 3.71. The number of nitrogens with zero attached hydrogens (tertiary/aromatic N) is 1. The number of amides is 2. The van der Waals surface area contributed by atoms with Gasteiger partial charge in [0.05, 0.1) is 16.5 Å². The van der Waals surface area contributed by atoms with Gasteiger partial charge in [0.25, 0.3) is 0 Å². The summed E-state index contributed by atoms with van der Waals surface area (Å²) in [5, 5.41) is 6.97. The van der Waals surface area contributed by atoms with Gasteiger partial charge in [0.1, 0.15) is 6.04 Å². The van der Waals surface area contributed by atoms with Crippen molar-refractivity contribution in [1.82, 2.24) is 0 Å². The van der Waals surface area contributed by atoms with Crippen LogP contribution in [0.1, 0.15) is 12.0 Å². The van der Waals surface area contributed by atoms with E-state index in [1.54, 1.807) is 23.1 Å². The van der Waals surface area contributed by atoms with Crippen LogP contribution < -0.4 is 15.5 Å². The monoisotopic (exact) mass is 375 g/mol. The molecule has 0 saturated carbocycles. The molecule has 25 heavy (non-hydrogen) atoms. The van der Waals surface area contributed by atoms with Gasteiger partial charge in [0, 0.05) is 23.6 Å². The van der Waals surface area contributed by atoms with E-state index in [9.17, 15) is 9.59 Å². The zero-order chi connectivity index (χ0) is 17.6. The van der Waals surface area contributed by atoms with Gasteiger partial charge >= 0.3 is 0 Å². The molecule has 2 aromatic rings. The Morgan fingerprint density at radius 1 is 1.08 bits per heavy atom. The van der Waals surface area contributed by atoms with Gasteiger partial charge in [0.2, 0.25) is 11.8 Å². The van der Waals surface area contributed by atoms with Crippen LogP contribution in [0.25, 0.3) is 0 Å². The maximum absolute atomic E-state index is 12.7. The molecule has 128 valence electrons. The van der Waals surface area contributed by atoms with Crippen molar-refractivity contribution in [2.75, 3.05) is 22.1 Å². The van der Waals surface area contributed by atoms with Crippen LogP contribution in [0.4, 0.5) is 17.1 Å². The number of hydrogen-bond donors (Lipinski definition) is 2. The molecule has 2 aliphatic heterocycles. The van der Waals surface area contributed by atoms with Crippen molar-refractivity contribution in [3.8, 4) is 0 Å². The van der Waals surface area contributed by atoms with Gasteiger partial charge in [-0.3, -0.25) is 9.59 Å². The van der Waals surface area contributed by atoms with Gasteiger partial charge in [-0.25, -0.2) is 0 Å². The highest BCUT2D eigenvalue weighted by Crippen LogP contribution is 2.31. The number of rotatable bonds is 3. The minimum Gasteiger partial charge on any atom is -0.374 e. The first-order valence-electron chi connectivity index (χ1n) is 7.97. The highest BCUT2D eigenvalue weighted by atomic mass is 35.5. The third kappa shape index (κ3) is 3.05. The Hall–Kier alpha value is -2.24. The van der Waals surface area contributed by atoms with Crippen LogP contribution in [-0.4, -0.2) is 24.4 Å². The minimum absolute atomic E-state index is 0.00474. The second-order valence-electron chi connectivity index (χ2n) is 6.17. The molecule has 2 aliphatic rings. The van der Waals surface area contributed by atoms with Gasteiger partial charge in [-0.1, -0.05) is 23.2 Å². The number of nitrogens with one attached hydrogen (secondary N) is 2. The molecular formula is C18H15Cl2N3O2. The molecule has 0 aliphatic carbocycles. The number of benzene rings is 2. The molecule has 2 amide bonds. The lowest BCUT2D eigenvalue weighted by atomic mass is 10.1. The van der Waals surface area contributed by atoms with Gasteiger partial charge in [-0.15, -0.1) is 0 Å². The Kier molecular flexibility index (Phi) is 4.06. The highest BCUT2D eigenvalue weighted by Gasteiger charge is 2.33. The van der Waals surface area contributed by atoms with E-state index in [-0.39, 0.29) is 17.9 Å². The fraction of sp³-hybridized carbons (Fsp3) is 0.222. The van der Waals surface area contributed by atoms with Gasteiger partial charge in [-0.2, -0.15) is 0 Å². The molecule has 2 N–H and O–H groups in total. The molecule has 1 atom stereocenters. The summed E-state index contributed by atoms with van der Waals surface area (Å²) >= 11 is 12.0. The molecule has 0 radical (unpaired) electrons. The fourth-order valence-electron chi connectivity index (χ4n) is 3.24. The van der Waals surface area contributed by atoms with Crippen LogP contribution in [0, 0.1) is 0 Å². The number of hydrogen-bond acceptors (Lipinski definition) is 3. The lowest BCUT2D eigenvalue weighted by Gasteiger charge is -2.18. The maximum atomic E-state index is 12.7. The molecule has 4 rings (SSSR count). The molecular weight excluding hydrogens is 361 g/mol. The Morgan fingerprint density at radius 2 is 1.92 bits per heavy atom. The average Bonchev–Trinajstić information content (AvgIpc) is 3.12. The first-order valence-corrected chi connectivity index (χ1v) is 8.72. The zero-order valence-electron chi connectivity index (χ0n) is 13.2. The van der Waals surface area contributed by atoms with E-state index in [4.69, 9.17) is 23.2 Å². The molecule has 1 fully saturated rings. The van der Waals surface area contributed by atoms with Crippen LogP contribution in [0.3, 0.4) is 0 Å². The summed E-state index contributed by atoms with van der Waals surface area (Å²) in [5.41, 5.74) is 3.37. The maximum Gasteiger partial charge on any atom is 0.249 e. The van der Waals surface area contributed by atoms with Crippen molar-refractivity contribution in [2.24, 2.45) is 0 Å². The average molecular weight is 376 g/mol. The summed E-state index contributed by atoms with van der Waals surface area (Å²) in [6, 6.07) is 10.5. The Labute approximate surface area is 154 Å². The number of fused-ring (bicyclic) bond motifs is 1. The molecule has 2 heterocycles. The largest absolute Gasteiger partial charge is 0.374 e. The summed E-state index contributed by atoms with van der Waals surface area (Å²) in [6.07, 6.45) is 1.06. The highest BCUT2D eigenvalue weighted by molar-refractivity contribution is 6.42. The minimum atomic E-state index is -0.308. The molecule has 1 unspecified atom stereocenters. The van der Waals surface area contributed by atoms with Crippen LogP contribution in [0.15, 0.2) is 36.4 Å². The third-order valence-electron chi connectivity index (χ3n) is 4.49. The smallest absolute Gasteiger partial charge is 0.249 e. The Balaban J connectivity index is 1.50. The molecule has 0 aromatic heterocycles. The number of carbonyl (C=O) groups is 2. The predicted molar refractivity (Wildman–Crippen MR) is 99.6 cm³/mol. The SMILES string of the molecule is O=C1Cc2cc(NC3CCN(c4ccc(Cl)c(Cl)c4)C3=O)ccc2N1. The lowest BCUT2D eigenvalue weighted by Crippen LogP contribution is -2.33. The number of carbonyl (C=O) groups excluding carboxylic acids is 2. The summed E-state index contributed by atoms with van der Waals surface area (Å²) in [4.78, 5) is 25.9. The van der Waals surface area contributed by atoms with E-state index in [1.165, 1.54) is 0 Å². The number of anilines is 3. The van der Waals surface area contributed by atoms with Crippen LogP contribution in [0.2, 0.25) is 10.0 Å². The Bertz CT molecular complexity index is 885. The summed E-state index contributed by atoms with van der Waals surface area (Å²) < 4.78 is 0. The van der Waals surface area contributed by atoms with Crippen molar-refractivity contribution < 1.29 is 9.59 Å². The van der Waals surface area contributed by atoms with Crippen LogP contribution >= 0.6 is 23.2 Å². The zero-order valence-corrected chi connectivity index (χ0v) is 14.7.